The van der Waals surface area contributed by atoms with Crippen LogP contribution in [0, 0.1) is 13.8 Å². The molecule has 0 radical (unpaired) electrons. The fourth-order valence-corrected chi connectivity index (χ4v) is 2.93. The van der Waals surface area contributed by atoms with Gasteiger partial charge in [0.05, 0.1) is 6.10 Å². The fraction of sp³-hybridized carbons (Fsp3) is 0.556. The number of urea groups is 1. The zero-order valence-electron chi connectivity index (χ0n) is 16.4. The second-order valence-corrected chi connectivity index (χ2v) is 7.08. The zero-order valence-corrected chi connectivity index (χ0v) is 16.4. The van der Waals surface area contributed by atoms with Crippen molar-refractivity contribution in [3.05, 3.63) is 29.5 Å². The van der Waals surface area contributed by atoms with Gasteiger partial charge in [0.2, 0.25) is 11.8 Å². The van der Waals surface area contributed by atoms with Crippen molar-refractivity contribution in [1.29, 1.82) is 0 Å². The van der Waals surface area contributed by atoms with E-state index >= 15 is 0 Å². The van der Waals surface area contributed by atoms with Gasteiger partial charge in [-0.15, -0.1) is 0 Å². The molecule has 3 heterocycles. The Morgan fingerprint density at radius 1 is 1.37 bits per heavy atom. The number of nitrogens with one attached hydrogen (secondary N) is 1. The minimum atomic E-state index is -0.203. The number of piperazine rings is 1. The predicted molar refractivity (Wildman–Crippen MR) is 99.7 cm³/mol. The summed E-state index contributed by atoms with van der Waals surface area (Å²) >= 11 is 0. The first-order valence-corrected chi connectivity index (χ1v) is 9.03. The van der Waals surface area contributed by atoms with Gasteiger partial charge in [0.15, 0.2) is 5.82 Å². The number of aromatic nitrogens is 3. The third-order valence-electron chi connectivity index (χ3n) is 4.34. The zero-order chi connectivity index (χ0) is 19.6. The van der Waals surface area contributed by atoms with Crippen LogP contribution < -0.4 is 10.1 Å². The van der Waals surface area contributed by atoms with Crippen molar-refractivity contribution in [2.75, 3.05) is 32.0 Å². The van der Waals surface area contributed by atoms with E-state index in [-0.39, 0.29) is 18.2 Å². The van der Waals surface area contributed by atoms with E-state index in [2.05, 4.69) is 25.3 Å². The summed E-state index contributed by atoms with van der Waals surface area (Å²) in [5.74, 6) is 1.52. The molecule has 0 spiro atoms. The smallest absolute Gasteiger partial charge is 0.322 e. The van der Waals surface area contributed by atoms with Gasteiger partial charge in [0.1, 0.15) is 11.7 Å². The highest BCUT2D eigenvalue weighted by atomic mass is 16.5. The minimum absolute atomic E-state index is 0.0374. The van der Waals surface area contributed by atoms with E-state index in [1.54, 1.807) is 18.0 Å². The average Bonchev–Trinajstić information content (AvgIpc) is 3.03. The van der Waals surface area contributed by atoms with Crippen LogP contribution in [0.3, 0.4) is 0 Å². The Morgan fingerprint density at radius 3 is 2.81 bits per heavy atom. The Labute approximate surface area is 158 Å². The topological polar surface area (TPSA) is 96.6 Å². The van der Waals surface area contributed by atoms with Crippen molar-refractivity contribution in [2.24, 2.45) is 0 Å². The van der Waals surface area contributed by atoms with Crippen LogP contribution in [0.1, 0.15) is 37.2 Å². The first-order chi connectivity index (χ1) is 12.8. The average molecular weight is 374 g/mol. The number of ether oxygens (including phenoxy) is 1. The number of nitrogens with zero attached hydrogens (tertiary/aromatic N) is 5. The van der Waals surface area contributed by atoms with Gasteiger partial charge in [-0.2, -0.15) is 4.98 Å². The van der Waals surface area contributed by atoms with E-state index in [1.807, 2.05) is 33.9 Å². The highest BCUT2D eigenvalue weighted by molar-refractivity contribution is 5.90. The fourth-order valence-electron chi connectivity index (χ4n) is 2.93. The molecule has 1 fully saturated rings. The second-order valence-electron chi connectivity index (χ2n) is 7.08. The molecule has 0 saturated carbocycles. The van der Waals surface area contributed by atoms with Crippen LogP contribution in [0.2, 0.25) is 0 Å². The van der Waals surface area contributed by atoms with Crippen LogP contribution in [-0.4, -0.2) is 63.7 Å². The van der Waals surface area contributed by atoms with Crippen molar-refractivity contribution in [2.45, 2.75) is 39.8 Å². The highest BCUT2D eigenvalue weighted by Crippen LogP contribution is 2.26. The van der Waals surface area contributed by atoms with Crippen molar-refractivity contribution in [3.8, 4) is 5.88 Å². The molecule has 1 atom stereocenters. The molecular formula is C18H26N6O3. The van der Waals surface area contributed by atoms with Crippen molar-refractivity contribution >= 4 is 11.7 Å². The third kappa shape index (κ3) is 4.54. The van der Waals surface area contributed by atoms with Crippen LogP contribution in [0.25, 0.3) is 0 Å². The van der Waals surface area contributed by atoms with E-state index in [9.17, 15) is 4.79 Å². The summed E-state index contributed by atoms with van der Waals surface area (Å²) in [7, 11) is 1.98. The number of amides is 2. The van der Waals surface area contributed by atoms with Gasteiger partial charge in [0, 0.05) is 25.8 Å². The number of carbonyl (C=O) groups excluding carboxylic acids is 1. The SMILES string of the molecule is Cc1cnc(OC(C)C)c(NC(=O)N2CCN(C)[C@@H](c3nc(C)no3)C2)c1. The molecule has 1 aliphatic heterocycles. The maximum absolute atomic E-state index is 12.9. The van der Waals surface area contributed by atoms with Gasteiger partial charge in [-0.1, -0.05) is 5.16 Å². The Kier molecular flexibility index (Phi) is 5.59. The molecule has 2 aromatic heterocycles. The largest absolute Gasteiger partial charge is 0.473 e. The van der Waals surface area contributed by atoms with Crippen LogP contribution in [0.15, 0.2) is 16.8 Å². The number of carbonyl (C=O) groups is 1. The lowest BCUT2D eigenvalue weighted by Crippen LogP contribution is -2.50. The van der Waals surface area contributed by atoms with Gasteiger partial charge in [-0.05, 0) is 46.4 Å². The lowest BCUT2D eigenvalue weighted by atomic mass is 10.2. The van der Waals surface area contributed by atoms with Crippen molar-refractivity contribution in [3.63, 3.8) is 0 Å². The van der Waals surface area contributed by atoms with E-state index in [0.717, 1.165) is 5.56 Å². The monoisotopic (exact) mass is 374 g/mol. The Hall–Kier alpha value is -2.68. The Balaban J connectivity index is 1.73. The first kappa shape index (κ1) is 19.1. The van der Waals surface area contributed by atoms with Gasteiger partial charge >= 0.3 is 6.03 Å². The van der Waals surface area contributed by atoms with Gasteiger partial charge in [-0.25, -0.2) is 9.78 Å². The third-order valence-corrected chi connectivity index (χ3v) is 4.34. The Morgan fingerprint density at radius 2 is 2.15 bits per heavy atom. The summed E-state index contributed by atoms with van der Waals surface area (Å²) in [6.45, 7) is 9.32. The molecule has 146 valence electrons. The summed E-state index contributed by atoms with van der Waals surface area (Å²) in [5.41, 5.74) is 1.51. The van der Waals surface area contributed by atoms with E-state index < -0.39 is 0 Å². The standard InChI is InChI=1S/C18H26N6O3/c1-11(2)26-16-14(8-12(3)9-19-16)21-18(25)24-7-6-23(5)15(10-24)17-20-13(4)22-27-17/h8-9,11,15H,6-7,10H2,1-5H3,(H,21,25)/t15-/m1/s1. The van der Waals surface area contributed by atoms with Crippen LogP contribution in [-0.2, 0) is 0 Å². The molecular weight excluding hydrogens is 348 g/mol. The van der Waals surface area contributed by atoms with Crippen LogP contribution in [0.5, 0.6) is 5.88 Å². The summed E-state index contributed by atoms with van der Waals surface area (Å²) < 4.78 is 11.0. The molecule has 1 N–H and O–H groups in total. The molecule has 1 aliphatic rings. The summed E-state index contributed by atoms with van der Waals surface area (Å²) in [5, 5.41) is 6.79. The summed E-state index contributed by atoms with van der Waals surface area (Å²) in [6.07, 6.45) is 1.68. The molecule has 0 bridgehead atoms. The quantitative estimate of drug-likeness (QED) is 0.877. The number of pyridine rings is 1. The lowest BCUT2D eigenvalue weighted by molar-refractivity contribution is 0.0959. The molecule has 0 aliphatic carbocycles. The second kappa shape index (κ2) is 7.91. The molecule has 3 rings (SSSR count). The van der Waals surface area contributed by atoms with Crippen molar-refractivity contribution in [1.82, 2.24) is 24.9 Å². The molecule has 1 saturated heterocycles. The summed E-state index contributed by atoms with van der Waals surface area (Å²) in [4.78, 5) is 25.3. The molecule has 0 aromatic carbocycles. The summed E-state index contributed by atoms with van der Waals surface area (Å²) in [6, 6.07) is 1.52. The molecule has 0 unspecified atom stereocenters. The first-order valence-electron chi connectivity index (χ1n) is 9.03. The van der Waals surface area contributed by atoms with Gasteiger partial charge in [0.25, 0.3) is 0 Å². The molecule has 9 heteroatoms. The lowest BCUT2D eigenvalue weighted by Gasteiger charge is -2.37. The van der Waals surface area contributed by atoms with Gasteiger partial charge in [-0.3, -0.25) is 4.90 Å². The number of hydrogen-bond donors (Lipinski definition) is 1. The highest BCUT2D eigenvalue weighted by Gasteiger charge is 2.32. The molecule has 2 amide bonds. The molecule has 2 aromatic rings. The van der Waals surface area contributed by atoms with E-state index in [4.69, 9.17) is 9.26 Å². The van der Waals surface area contributed by atoms with Crippen LogP contribution >= 0.6 is 0 Å². The number of anilines is 1. The minimum Gasteiger partial charge on any atom is -0.473 e. The molecule has 9 nitrogen and oxygen atoms in total. The maximum atomic E-state index is 12.9. The van der Waals surface area contributed by atoms with Crippen molar-refractivity contribution < 1.29 is 14.1 Å². The number of hydrogen-bond acceptors (Lipinski definition) is 7. The number of aryl methyl sites for hydroxylation is 2. The predicted octanol–water partition coefficient (Wildman–Crippen LogP) is 2.39. The number of rotatable bonds is 4. The van der Waals surface area contributed by atoms with Gasteiger partial charge < -0.3 is 19.5 Å². The van der Waals surface area contributed by atoms with E-state index in [0.29, 0.717) is 42.9 Å². The molecule has 27 heavy (non-hydrogen) atoms. The number of likely N-dealkylation sites (N-methyl/N-ethyl adjacent to an activating group) is 1. The normalized spacial score (nSPS) is 18.0. The maximum Gasteiger partial charge on any atom is 0.322 e. The Bertz CT molecular complexity index is 806. The van der Waals surface area contributed by atoms with E-state index in [1.165, 1.54) is 0 Å². The van der Waals surface area contributed by atoms with Crippen LogP contribution in [0.4, 0.5) is 10.5 Å².